The van der Waals surface area contributed by atoms with Crippen LogP contribution >= 0.6 is 0 Å². The van der Waals surface area contributed by atoms with Crippen LogP contribution in [-0.4, -0.2) is 43.3 Å². The van der Waals surface area contributed by atoms with Crippen LogP contribution in [0.4, 0.5) is 4.79 Å². The number of H-pyrrole nitrogens is 1. The Kier molecular flexibility index (Phi) is 7.09. The predicted molar refractivity (Wildman–Crippen MR) is 115 cm³/mol. The van der Waals surface area contributed by atoms with Gasteiger partial charge in [0, 0.05) is 23.9 Å². The summed E-state index contributed by atoms with van der Waals surface area (Å²) in [6.07, 6.45) is 5.67. The molecule has 2 aromatic rings. The molecule has 154 valence electrons. The number of rotatable bonds is 3. The molecule has 3 heterocycles. The normalized spacial score (nSPS) is 13.8. The first-order valence-electron chi connectivity index (χ1n) is 9.49. The first-order valence-corrected chi connectivity index (χ1v) is 9.49. The molecule has 1 aliphatic rings. The van der Waals surface area contributed by atoms with Crippen molar-refractivity contribution in [1.82, 2.24) is 25.1 Å². The van der Waals surface area contributed by atoms with Crippen LogP contribution in [0.5, 0.6) is 0 Å². The van der Waals surface area contributed by atoms with Gasteiger partial charge in [-0.15, -0.1) is 13.2 Å². The molecule has 0 spiro atoms. The third kappa shape index (κ3) is 5.19. The van der Waals surface area contributed by atoms with E-state index in [1.165, 1.54) is 0 Å². The van der Waals surface area contributed by atoms with Crippen molar-refractivity contribution in [2.24, 2.45) is 0 Å². The fourth-order valence-electron chi connectivity index (χ4n) is 2.99. The Morgan fingerprint density at radius 3 is 2.59 bits per heavy atom. The Morgan fingerprint density at radius 2 is 2.03 bits per heavy atom. The number of hydrogen-bond acceptors (Lipinski definition) is 5. The molecule has 0 fully saturated rings. The van der Waals surface area contributed by atoms with Crippen molar-refractivity contribution in [3.05, 3.63) is 61.2 Å². The number of carbonyl (C=O) groups is 1. The Morgan fingerprint density at radius 1 is 1.31 bits per heavy atom. The summed E-state index contributed by atoms with van der Waals surface area (Å²) in [5.74, 6) is 0.585. The van der Waals surface area contributed by atoms with Gasteiger partial charge in [-0.05, 0) is 40.2 Å². The molecule has 1 amide bonds. The maximum Gasteiger partial charge on any atom is 0.410 e. The first-order chi connectivity index (χ1) is 13.8. The van der Waals surface area contributed by atoms with Crippen molar-refractivity contribution in [3.8, 4) is 11.4 Å². The molecule has 0 radical (unpaired) electrons. The molecule has 7 nitrogen and oxygen atoms in total. The maximum atomic E-state index is 12.5. The van der Waals surface area contributed by atoms with Gasteiger partial charge in [0.05, 0.1) is 23.6 Å². The second-order valence-electron chi connectivity index (χ2n) is 7.39. The quantitative estimate of drug-likeness (QED) is 0.609. The topological polar surface area (TPSA) is 84.0 Å². The number of nitrogens with zero attached hydrogens (tertiary/aromatic N) is 4. The van der Waals surface area contributed by atoms with Crippen LogP contribution in [0.25, 0.3) is 17.0 Å². The highest BCUT2D eigenvalue weighted by molar-refractivity contribution is 5.72. The van der Waals surface area contributed by atoms with E-state index in [1.807, 2.05) is 39.8 Å². The van der Waals surface area contributed by atoms with Crippen LogP contribution < -0.4 is 0 Å². The molecule has 2 aromatic heterocycles. The molecule has 0 saturated carbocycles. The summed E-state index contributed by atoms with van der Waals surface area (Å²) in [5.41, 5.74) is 3.81. The second-order valence-corrected chi connectivity index (χ2v) is 7.39. The second kappa shape index (κ2) is 9.32. The fraction of sp³-hybridized carbons (Fsp3) is 0.364. The zero-order chi connectivity index (χ0) is 21.6. The average molecular weight is 396 g/mol. The lowest BCUT2D eigenvalue weighted by Crippen LogP contribution is -2.40. The van der Waals surface area contributed by atoms with Gasteiger partial charge in [-0.1, -0.05) is 18.7 Å². The van der Waals surface area contributed by atoms with Gasteiger partial charge < -0.3 is 9.64 Å². The molecule has 0 unspecified atom stereocenters. The van der Waals surface area contributed by atoms with Gasteiger partial charge in [-0.3, -0.25) is 5.10 Å². The SMILES string of the molecule is C=C.C=C/C(=C\C)c1nc2c(c(-c3ccn[nH]3)n1)CCN(C(=O)OC(C)(C)C)C2. The minimum Gasteiger partial charge on any atom is -0.444 e. The summed E-state index contributed by atoms with van der Waals surface area (Å²) in [7, 11) is 0. The Balaban J connectivity index is 0.00000145. The highest BCUT2D eigenvalue weighted by atomic mass is 16.6. The Labute approximate surface area is 172 Å². The van der Waals surface area contributed by atoms with E-state index in [2.05, 4.69) is 29.9 Å². The third-order valence-corrected chi connectivity index (χ3v) is 4.26. The van der Waals surface area contributed by atoms with E-state index < -0.39 is 5.60 Å². The van der Waals surface area contributed by atoms with Crippen LogP contribution in [0.3, 0.4) is 0 Å². The van der Waals surface area contributed by atoms with Crippen molar-refractivity contribution < 1.29 is 9.53 Å². The summed E-state index contributed by atoms with van der Waals surface area (Å²) in [6.45, 7) is 18.3. The minimum absolute atomic E-state index is 0.327. The lowest BCUT2D eigenvalue weighted by atomic mass is 10.0. The molecule has 0 aliphatic carbocycles. The molecular weight excluding hydrogens is 366 g/mol. The highest BCUT2D eigenvalue weighted by Gasteiger charge is 2.29. The Hall–Kier alpha value is -3.22. The van der Waals surface area contributed by atoms with Gasteiger partial charge >= 0.3 is 6.09 Å². The molecule has 1 N–H and O–H groups in total. The van der Waals surface area contributed by atoms with E-state index >= 15 is 0 Å². The third-order valence-electron chi connectivity index (χ3n) is 4.26. The molecule has 0 saturated heterocycles. The van der Waals surface area contributed by atoms with E-state index in [9.17, 15) is 4.79 Å². The lowest BCUT2D eigenvalue weighted by molar-refractivity contribution is 0.0220. The van der Waals surface area contributed by atoms with E-state index in [4.69, 9.17) is 14.7 Å². The number of amides is 1. The summed E-state index contributed by atoms with van der Waals surface area (Å²) >= 11 is 0. The molecule has 3 rings (SSSR count). The minimum atomic E-state index is -0.532. The van der Waals surface area contributed by atoms with Gasteiger partial charge in [-0.2, -0.15) is 5.10 Å². The van der Waals surface area contributed by atoms with Gasteiger partial charge in [0.2, 0.25) is 0 Å². The van der Waals surface area contributed by atoms with E-state index in [-0.39, 0.29) is 6.09 Å². The van der Waals surface area contributed by atoms with Crippen molar-refractivity contribution >= 4 is 11.7 Å². The number of carbonyl (C=O) groups excluding carboxylic acids is 1. The molecule has 0 aromatic carbocycles. The van der Waals surface area contributed by atoms with Crippen LogP contribution in [-0.2, 0) is 17.7 Å². The number of allylic oxidation sites excluding steroid dienone is 3. The van der Waals surface area contributed by atoms with E-state index in [0.29, 0.717) is 25.3 Å². The fourth-order valence-corrected chi connectivity index (χ4v) is 2.99. The van der Waals surface area contributed by atoms with Crippen LogP contribution in [0, 0.1) is 0 Å². The standard InChI is InChI=1S/C20H25N5O2.C2H4/c1-6-13(7-2)18-22-16-12-25(19(26)27-20(3,4)5)11-9-14(16)17(23-18)15-8-10-21-24-15;1-2/h6-8,10H,1,9,11-12H2,2-5H3,(H,21,24);1-2H2/b13-7+;. The molecule has 7 heteroatoms. The van der Waals surface area contributed by atoms with Crippen LogP contribution in [0.2, 0.25) is 0 Å². The van der Waals surface area contributed by atoms with E-state index in [1.54, 1.807) is 17.2 Å². The number of aromatic nitrogens is 4. The number of aromatic amines is 1. The number of hydrogen-bond donors (Lipinski definition) is 1. The van der Waals surface area contributed by atoms with E-state index in [0.717, 1.165) is 28.2 Å². The number of ether oxygens (including phenoxy) is 1. The van der Waals surface area contributed by atoms with Crippen molar-refractivity contribution in [2.45, 2.75) is 46.3 Å². The summed E-state index contributed by atoms with van der Waals surface area (Å²) < 4.78 is 5.51. The predicted octanol–water partition coefficient (Wildman–Crippen LogP) is 4.55. The smallest absolute Gasteiger partial charge is 0.410 e. The summed E-state index contributed by atoms with van der Waals surface area (Å²) in [6, 6.07) is 1.88. The molecule has 29 heavy (non-hydrogen) atoms. The highest BCUT2D eigenvalue weighted by Crippen LogP contribution is 2.29. The van der Waals surface area contributed by atoms with Gasteiger partial charge in [0.25, 0.3) is 0 Å². The van der Waals surface area contributed by atoms with Crippen molar-refractivity contribution in [3.63, 3.8) is 0 Å². The maximum absolute atomic E-state index is 12.5. The molecule has 0 bridgehead atoms. The summed E-state index contributed by atoms with van der Waals surface area (Å²) in [4.78, 5) is 23.6. The van der Waals surface area contributed by atoms with Crippen LogP contribution in [0.1, 0.15) is 44.8 Å². The molecule has 0 atom stereocenters. The number of nitrogens with one attached hydrogen (secondary N) is 1. The van der Waals surface area contributed by atoms with Gasteiger partial charge in [0.15, 0.2) is 5.82 Å². The van der Waals surface area contributed by atoms with Crippen molar-refractivity contribution in [2.75, 3.05) is 6.54 Å². The summed E-state index contributed by atoms with van der Waals surface area (Å²) in [5, 5.41) is 7.02. The largest absolute Gasteiger partial charge is 0.444 e. The zero-order valence-corrected chi connectivity index (χ0v) is 17.7. The lowest BCUT2D eigenvalue weighted by Gasteiger charge is -2.31. The zero-order valence-electron chi connectivity index (χ0n) is 17.7. The monoisotopic (exact) mass is 395 g/mol. The van der Waals surface area contributed by atoms with Gasteiger partial charge in [-0.25, -0.2) is 14.8 Å². The average Bonchev–Trinajstić information content (AvgIpc) is 3.23. The van der Waals surface area contributed by atoms with Crippen molar-refractivity contribution in [1.29, 1.82) is 0 Å². The molecule has 1 aliphatic heterocycles. The first kappa shape index (κ1) is 22.1. The Bertz CT molecular complexity index is 895. The molecular formula is C22H29N5O2. The van der Waals surface area contributed by atoms with Crippen LogP contribution in [0.15, 0.2) is 44.2 Å². The number of fused-ring (bicyclic) bond motifs is 1. The van der Waals surface area contributed by atoms with Gasteiger partial charge in [0.1, 0.15) is 5.60 Å².